The Balaban J connectivity index is 2.11. The maximum atomic E-state index is 12.2. The van der Waals surface area contributed by atoms with Crippen molar-refractivity contribution >= 4 is 22.4 Å². The standard InChI is InChI=1S/C14H14ClNOS/c15-12-8-4-5-9-14(12)18(17)10-13(16)11-6-2-1-3-7-11/h1-9,13H,10,16H2. The summed E-state index contributed by atoms with van der Waals surface area (Å²) in [5.41, 5.74) is 7.03. The molecule has 0 heterocycles. The number of hydrogen-bond acceptors (Lipinski definition) is 2. The third-order valence-electron chi connectivity index (χ3n) is 2.64. The third-order valence-corrected chi connectivity index (χ3v) is 4.59. The molecule has 2 atom stereocenters. The van der Waals surface area contributed by atoms with Crippen LogP contribution >= 0.6 is 11.6 Å². The highest BCUT2D eigenvalue weighted by Gasteiger charge is 2.13. The van der Waals surface area contributed by atoms with Gasteiger partial charge in [0, 0.05) is 11.8 Å². The van der Waals surface area contributed by atoms with E-state index in [1.807, 2.05) is 42.5 Å². The predicted octanol–water partition coefficient (Wildman–Crippen LogP) is 3.15. The molecule has 18 heavy (non-hydrogen) atoms. The summed E-state index contributed by atoms with van der Waals surface area (Å²) in [4.78, 5) is 0.644. The van der Waals surface area contributed by atoms with Gasteiger partial charge < -0.3 is 5.73 Å². The zero-order chi connectivity index (χ0) is 13.0. The Bertz CT molecular complexity index is 545. The van der Waals surface area contributed by atoms with Crippen LogP contribution in [0.3, 0.4) is 0 Å². The van der Waals surface area contributed by atoms with Crippen molar-refractivity contribution in [2.45, 2.75) is 10.9 Å². The SMILES string of the molecule is NC(CS(=O)c1ccccc1Cl)c1ccccc1. The first-order valence-electron chi connectivity index (χ1n) is 5.62. The molecule has 4 heteroatoms. The summed E-state index contributed by atoms with van der Waals surface area (Å²) < 4.78 is 12.2. The van der Waals surface area contributed by atoms with E-state index in [0.717, 1.165) is 5.56 Å². The molecule has 0 amide bonds. The van der Waals surface area contributed by atoms with E-state index in [2.05, 4.69) is 0 Å². The molecule has 0 fully saturated rings. The molecule has 0 aliphatic rings. The van der Waals surface area contributed by atoms with Gasteiger partial charge in [0.2, 0.25) is 0 Å². The molecule has 0 saturated carbocycles. The van der Waals surface area contributed by atoms with Crippen molar-refractivity contribution in [2.75, 3.05) is 5.75 Å². The Kier molecular flexibility index (Phi) is 4.53. The van der Waals surface area contributed by atoms with Crippen LogP contribution in [0.4, 0.5) is 0 Å². The topological polar surface area (TPSA) is 43.1 Å². The number of hydrogen-bond donors (Lipinski definition) is 1. The number of rotatable bonds is 4. The molecule has 0 saturated heterocycles. The zero-order valence-electron chi connectivity index (χ0n) is 9.75. The second-order valence-corrected chi connectivity index (χ2v) is 5.83. The predicted molar refractivity (Wildman–Crippen MR) is 76.1 cm³/mol. The highest BCUT2D eigenvalue weighted by Crippen LogP contribution is 2.21. The molecule has 2 nitrogen and oxygen atoms in total. The van der Waals surface area contributed by atoms with Crippen LogP contribution in [0, 0.1) is 0 Å². The summed E-state index contributed by atoms with van der Waals surface area (Å²) >= 11 is 6.01. The molecular formula is C14H14ClNOS. The molecule has 2 unspecified atom stereocenters. The Morgan fingerprint density at radius 3 is 2.33 bits per heavy atom. The maximum Gasteiger partial charge on any atom is 0.0574 e. The summed E-state index contributed by atoms with van der Waals surface area (Å²) in [5.74, 6) is 0.369. The van der Waals surface area contributed by atoms with Crippen molar-refractivity contribution in [3.8, 4) is 0 Å². The molecule has 2 rings (SSSR count). The minimum atomic E-state index is -1.18. The van der Waals surface area contributed by atoms with E-state index in [1.165, 1.54) is 0 Å². The fourth-order valence-electron chi connectivity index (χ4n) is 1.68. The van der Waals surface area contributed by atoms with Gasteiger partial charge in [-0.25, -0.2) is 0 Å². The number of benzene rings is 2. The van der Waals surface area contributed by atoms with Gasteiger partial charge in [0.25, 0.3) is 0 Å². The van der Waals surface area contributed by atoms with Gasteiger partial charge in [-0.2, -0.15) is 0 Å². The van der Waals surface area contributed by atoms with Gasteiger partial charge in [0.15, 0.2) is 0 Å². The smallest absolute Gasteiger partial charge is 0.0574 e. The molecule has 0 aliphatic heterocycles. The molecule has 2 aromatic rings. The molecule has 0 radical (unpaired) electrons. The first kappa shape index (κ1) is 13.3. The molecule has 0 spiro atoms. The van der Waals surface area contributed by atoms with Gasteiger partial charge in [-0.3, -0.25) is 4.21 Å². The van der Waals surface area contributed by atoms with E-state index in [0.29, 0.717) is 15.7 Å². The summed E-state index contributed by atoms with van der Waals surface area (Å²) in [6.07, 6.45) is 0. The largest absolute Gasteiger partial charge is 0.323 e. The monoisotopic (exact) mass is 279 g/mol. The minimum absolute atomic E-state index is 0.247. The van der Waals surface area contributed by atoms with E-state index in [-0.39, 0.29) is 6.04 Å². The van der Waals surface area contributed by atoms with Crippen LogP contribution in [0.15, 0.2) is 59.5 Å². The maximum absolute atomic E-state index is 12.2. The van der Waals surface area contributed by atoms with Gasteiger partial charge in [-0.1, -0.05) is 54.1 Å². The Labute approximate surface area is 114 Å². The van der Waals surface area contributed by atoms with Crippen LogP contribution in [-0.2, 0) is 10.8 Å². The normalized spacial score (nSPS) is 14.1. The van der Waals surface area contributed by atoms with Crippen molar-refractivity contribution < 1.29 is 4.21 Å². The Hall–Kier alpha value is -1.16. The average molecular weight is 280 g/mol. The number of halogens is 1. The first-order valence-corrected chi connectivity index (χ1v) is 7.31. The molecule has 0 aromatic heterocycles. The van der Waals surface area contributed by atoms with Crippen molar-refractivity contribution in [2.24, 2.45) is 5.73 Å². The second kappa shape index (κ2) is 6.14. The Morgan fingerprint density at radius 2 is 1.67 bits per heavy atom. The van der Waals surface area contributed by atoms with Gasteiger partial charge in [0.05, 0.1) is 20.7 Å². The van der Waals surface area contributed by atoms with Crippen LogP contribution in [0.1, 0.15) is 11.6 Å². The summed E-state index contributed by atoms with van der Waals surface area (Å²) in [6, 6.07) is 16.6. The Morgan fingerprint density at radius 1 is 1.06 bits per heavy atom. The summed E-state index contributed by atoms with van der Waals surface area (Å²) in [7, 11) is -1.18. The molecule has 94 valence electrons. The highest BCUT2D eigenvalue weighted by molar-refractivity contribution is 7.85. The van der Waals surface area contributed by atoms with Gasteiger partial charge in [-0.15, -0.1) is 0 Å². The van der Waals surface area contributed by atoms with Gasteiger partial charge in [0.1, 0.15) is 0 Å². The molecule has 2 aromatic carbocycles. The van der Waals surface area contributed by atoms with E-state index >= 15 is 0 Å². The average Bonchev–Trinajstić information content (AvgIpc) is 2.40. The first-order chi connectivity index (χ1) is 8.68. The van der Waals surface area contributed by atoms with E-state index in [9.17, 15) is 4.21 Å². The quantitative estimate of drug-likeness (QED) is 0.934. The minimum Gasteiger partial charge on any atom is -0.323 e. The molecule has 0 aliphatic carbocycles. The fraction of sp³-hybridized carbons (Fsp3) is 0.143. The van der Waals surface area contributed by atoms with Crippen molar-refractivity contribution in [1.29, 1.82) is 0 Å². The highest BCUT2D eigenvalue weighted by atomic mass is 35.5. The van der Waals surface area contributed by atoms with Crippen LogP contribution in [0.2, 0.25) is 5.02 Å². The van der Waals surface area contributed by atoms with Gasteiger partial charge >= 0.3 is 0 Å². The van der Waals surface area contributed by atoms with Crippen LogP contribution in [0.25, 0.3) is 0 Å². The molecular weight excluding hydrogens is 266 g/mol. The van der Waals surface area contributed by atoms with Gasteiger partial charge in [-0.05, 0) is 17.7 Å². The lowest BCUT2D eigenvalue weighted by Gasteiger charge is -2.12. The van der Waals surface area contributed by atoms with Crippen LogP contribution in [-0.4, -0.2) is 9.96 Å². The lowest BCUT2D eigenvalue weighted by molar-refractivity contribution is 0.675. The third kappa shape index (κ3) is 3.19. The number of nitrogens with two attached hydrogens (primary N) is 1. The van der Waals surface area contributed by atoms with E-state index in [4.69, 9.17) is 17.3 Å². The molecule has 2 N–H and O–H groups in total. The summed E-state index contributed by atoms with van der Waals surface area (Å²) in [6.45, 7) is 0. The fourth-order valence-corrected chi connectivity index (χ4v) is 3.29. The lowest BCUT2D eigenvalue weighted by atomic mass is 10.1. The van der Waals surface area contributed by atoms with Crippen LogP contribution < -0.4 is 5.73 Å². The summed E-state index contributed by atoms with van der Waals surface area (Å²) in [5, 5.41) is 0.524. The van der Waals surface area contributed by atoms with Crippen molar-refractivity contribution in [1.82, 2.24) is 0 Å². The van der Waals surface area contributed by atoms with Crippen molar-refractivity contribution in [3.63, 3.8) is 0 Å². The second-order valence-electron chi connectivity index (χ2n) is 3.96. The van der Waals surface area contributed by atoms with E-state index < -0.39 is 10.8 Å². The van der Waals surface area contributed by atoms with Crippen LogP contribution in [0.5, 0.6) is 0 Å². The van der Waals surface area contributed by atoms with E-state index in [1.54, 1.807) is 12.1 Å². The molecule has 0 bridgehead atoms. The zero-order valence-corrected chi connectivity index (χ0v) is 11.3. The van der Waals surface area contributed by atoms with Crippen molar-refractivity contribution in [3.05, 3.63) is 65.2 Å². The lowest BCUT2D eigenvalue weighted by Crippen LogP contribution is -2.18.